The summed E-state index contributed by atoms with van der Waals surface area (Å²) in [4.78, 5) is 11.1. The van der Waals surface area contributed by atoms with Gasteiger partial charge < -0.3 is 9.84 Å². The third-order valence-corrected chi connectivity index (χ3v) is 5.57. The summed E-state index contributed by atoms with van der Waals surface area (Å²) in [6, 6.07) is 10.9. The van der Waals surface area contributed by atoms with Crippen molar-refractivity contribution < 1.29 is 27.8 Å². The van der Waals surface area contributed by atoms with Gasteiger partial charge in [0.05, 0.1) is 10.9 Å². The number of ether oxygens (including phenoxy) is 1. The summed E-state index contributed by atoms with van der Waals surface area (Å²) in [5, 5.41) is 9.18. The molecule has 1 fully saturated rings. The predicted octanol–water partition coefficient (Wildman–Crippen LogP) is 6.65. The third kappa shape index (κ3) is 5.04. The first-order valence-corrected chi connectivity index (χ1v) is 9.79. The van der Waals surface area contributed by atoms with Crippen LogP contribution in [0.2, 0.25) is 5.02 Å². The molecule has 156 valence electrons. The van der Waals surface area contributed by atoms with Gasteiger partial charge in [0, 0.05) is 5.56 Å². The Hall–Kier alpha value is -2.21. The van der Waals surface area contributed by atoms with E-state index >= 15 is 0 Å². The zero-order valence-electron chi connectivity index (χ0n) is 16.1. The maximum absolute atomic E-state index is 12.7. The number of alkyl halides is 3. The average molecular weight is 427 g/mol. The van der Waals surface area contributed by atoms with Gasteiger partial charge in [-0.2, -0.15) is 13.2 Å². The molecule has 7 heteroatoms. The molecule has 1 N–H and O–H groups in total. The molecule has 0 spiro atoms. The van der Waals surface area contributed by atoms with E-state index in [-0.39, 0.29) is 16.7 Å². The fraction of sp³-hybridized carbons (Fsp3) is 0.409. The molecule has 2 aromatic rings. The number of carboxylic acids is 1. The van der Waals surface area contributed by atoms with Crippen LogP contribution in [0.5, 0.6) is 5.75 Å². The van der Waals surface area contributed by atoms with Gasteiger partial charge in [-0.25, -0.2) is 0 Å². The molecule has 3 nitrogen and oxygen atoms in total. The number of benzene rings is 2. The maximum Gasteiger partial charge on any atom is 0.422 e. The van der Waals surface area contributed by atoms with Gasteiger partial charge in [-0.1, -0.05) is 49.7 Å². The number of rotatable bonds is 6. The van der Waals surface area contributed by atoms with Crippen molar-refractivity contribution in [2.45, 2.75) is 44.7 Å². The van der Waals surface area contributed by atoms with Crippen molar-refractivity contribution in [1.82, 2.24) is 0 Å². The SMILES string of the molecule is CC(C)c1ccc(-c2cc(C3CC(C(=O)O)C3)cc(Cl)c2OCC(F)(F)F)cc1. The van der Waals surface area contributed by atoms with E-state index in [2.05, 4.69) is 13.8 Å². The predicted molar refractivity (Wildman–Crippen MR) is 106 cm³/mol. The minimum atomic E-state index is -4.48. The normalized spacial score (nSPS) is 19.1. The summed E-state index contributed by atoms with van der Waals surface area (Å²) in [7, 11) is 0. The van der Waals surface area contributed by atoms with Gasteiger partial charge in [-0.05, 0) is 53.5 Å². The van der Waals surface area contributed by atoms with Crippen molar-refractivity contribution in [3.8, 4) is 16.9 Å². The summed E-state index contributed by atoms with van der Waals surface area (Å²) >= 11 is 6.31. The molecule has 1 aliphatic carbocycles. The highest BCUT2D eigenvalue weighted by Crippen LogP contribution is 2.46. The standard InChI is InChI=1S/C22H22ClF3O3/c1-12(2)13-3-5-14(6-4-13)18-9-16(15-7-17(8-15)21(27)28)10-19(23)20(18)29-11-22(24,25)26/h3-6,9-10,12,15,17H,7-8,11H2,1-2H3,(H,27,28). The maximum atomic E-state index is 12.7. The second kappa shape index (κ2) is 8.27. The molecule has 0 atom stereocenters. The minimum Gasteiger partial charge on any atom is -0.482 e. The van der Waals surface area contributed by atoms with E-state index in [1.807, 2.05) is 24.3 Å². The summed E-state index contributed by atoms with van der Waals surface area (Å²) in [6.45, 7) is 2.67. The molecule has 3 rings (SSSR count). The highest BCUT2D eigenvalue weighted by atomic mass is 35.5. The van der Waals surface area contributed by atoms with Gasteiger partial charge in [-0.3, -0.25) is 4.79 Å². The van der Waals surface area contributed by atoms with Crippen LogP contribution in [-0.4, -0.2) is 23.9 Å². The van der Waals surface area contributed by atoms with Crippen LogP contribution >= 0.6 is 11.6 Å². The molecule has 2 aromatic carbocycles. The zero-order valence-corrected chi connectivity index (χ0v) is 16.8. The molecule has 0 saturated heterocycles. The Kier molecular flexibility index (Phi) is 6.13. The van der Waals surface area contributed by atoms with E-state index in [1.165, 1.54) is 0 Å². The van der Waals surface area contributed by atoms with Crippen molar-refractivity contribution in [2.24, 2.45) is 5.92 Å². The Morgan fingerprint density at radius 3 is 2.34 bits per heavy atom. The van der Waals surface area contributed by atoms with Crippen molar-refractivity contribution in [3.05, 3.63) is 52.5 Å². The lowest BCUT2D eigenvalue weighted by Gasteiger charge is -2.33. The van der Waals surface area contributed by atoms with Crippen molar-refractivity contribution in [3.63, 3.8) is 0 Å². The number of halogens is 4. The Balaban J connectivity index is 1.98. The van der Waals surface area contributed by atoms with Gasteiger partial charge in [0.2, 0.25) is 0 Å². The van der Waals surface area contributed by atoms with Crippen molar-refractivity contribution in [1.29, 1.82) is 0 Å². The van der Waals surface area contributed by atoms with Gasteiger partial charge >= 0.3 is 12.1 Å². The molecule has 0 unspecified atom stereocenters. The fourth-order valence-corrected chi connectivity index (χ4v) is 3.79. The Bertz CT molecular complexity index is 885. The highest BCUT2D eigenvalue weighted by molar-refractivity contribution is 6.32. The monoisotopic (exact) mass is 426 g/mol. The molecule has 1 aliphatic rings. The Morgan fingerprint density at radius 1 is 1.21 bits per heavy atom. The van der Waals surface area contributed by atoms with Crippen LogP contribution in [0, 0.1) is 5.92 Å². The molecule has 1 saturated carbocycles. The van der Waals surface area contributed by atoms with Gasteiger partial charge in [-0.15, -0.1) is 0 Å². The van der Waals surface area contributed by atoms with Gasteiger partial charge in [0.15, 0.2) is 6.61 Å². The van der Waals surface area contributed by atoms with Gasteiger partial charge in [0.1, 0.15) is 5.75 Å². The summed E-state index contributed by atoms with van der Waals surface area (Å²) in [5.41, 5.74) is 3.10. The van der Waals surface area contributed by atoms with E-state index in [0.29, 0.717) is 29.9 Å². The fourth-order valence-electron chi connectivity index (χ4n) is 3.50. The number of carboxylic acid groups (broad SMARTS) is 1. The molecular formula is C22H22ClF3O3. The van der Waals surface area contributed by atoms with Crippen LogP contribution in [0.3, 0.4) is 0 Å². The number of hydrogen-bond acceptors (Lipinski definition) is 2. The first-order chi connectivity index (χ1) is 13.5. The van der Waals surface area contributed by atoms with E-state index < -0.39 is 24.7 Å². The number of hydrogen-bond donors (Lipinski definition) is 1. The van der Waals surface area contributed by atoms with Crippen LogP contribution in [0.25, 0.3) is 11.1 Å². The number of aliphatic carboxylic acids is 1. The first-order valence-electron chi connectivity index (χ1n) is 9.41. The lowest BCUT2D eigenvalue weighted by atomic mass is 9.71. The minimum absolute atomic E-state index is 0.0129. The summed E-state index contributed by atoms with van der Waals surface area (Å²) in [6.07, 6.45) is -3.51. The molecule has 0 radical (unpaired) electrons. The van der Waals surface area contributed by atoms with Crippen LogP contribution in [0.4, 0.5) is 13.2 Å². The van der Waals surface area contributed by atoms with Crippen LogP contribution in [0.1, 0.15) is 49.7 Å². The van der Waals surface area contributed by atoms with Gasteiger partial charge in [0.25, 0.3) is 0 Å². The number of carbonyl (C=O) groups is 1. The smallest absolute Gasteiger partial charge is 0.422 e. The summed E-state index contributed by atoms with van der Waals surface area (Å²) in [5.74, 6) is -0.906. The van der Waals surface area contributed by atoms with E-state index in [0.717, 1.165) is 11.1 Å². The van der Waals surface area contributed by atoms with Crippen molar-refractivity contribution in [2.75, 3.05) is 6.61 Å². The average Bonchev–Trinajstić information content (AvgIpc) is 2.58. The van der Waals surface area contributed by atoms with E-state index in [4.69, 9.17) is 21.4 Å². The molecule has 29 heavy (non-hydrogen) atoms. The molecule has 0 aromatic heterocycles. The molecule has 0 aliphatic heterocycles. The second-order valence-electron chi connectivity index (χ2n) is 7.76. The van der Waals surface area contributed by atoms with E-state index in [1.54, 1.807) is 12.1 Å². The molecule has 0 bridgehead atoms. The highest BCUT2D eigenvalue weighted by Gasteiger charge is 2.36. The second-order valence-corrected chi connectivity index (χ2v) is 8.17. The molecule has 0 heterocycles. The topological polar surface area (TPSA) is 46.5 Å². The Labute approximate surface area is 172 Å². The quantitative estimate of drug-likeness (QED) is 0.562. The third-order valence-electron chi connectivity index (χ3n) is 5.29. The Morgan fingerprint density at radius 2 is 1.83 bits per heavy atom. The molecule has 0 amide bonds. The first kappa shape index (κ1) is 21.5. The van der Waals surface area contributed by atoms with Crippen LogP contribution in [0.15, 0.2) is 36.4 Å². The van der Waals surface area contributed by atoms with E-state index in [9.17, 15) is 18.0 Å². The van der Waals surface area contributed by atoms with Crippen molar-refractivity contribution >= 4 is 17.6 Å². The lowest BCUT2D eigenvalue weighted by Crippen LogP contribution is -2.28. The van der Waals surface area contributed by atoms with Crippen LogP contribution in [-0.2, 0) is 4.79 Å². The largest absolute Gasteiger partial charge is 0.482 e. The van der Waals surface area contributed by atoms with Crippen LogP contribution < -0.4 is 4.74 Å². The lowest BCUT2D eigenvalue weighted by molar-refractivity contribution is -0.153. The molecular weight excluding hydrogens is 405 g/mol. The summed E-state index contributed by atoms with van der Waals surface area (Å²) < 4.78 is 43.2. The zero-order chi connectivity index (χ0) is 21.3.